The van der Waals surface area contributed by atoms with Gasteiger partial charge in [0.1, 0.15) is 10.8 Å². The predicted octanol–water partition coefficient (Wildman–Crippen LogP) is 3.95. The molecule has 1 heterocycles. The minimum absolute atomic E-state index is 0.0345. The van der Waals surface area contributed by atoms with Gasteiger partial charge in [-0.2, -0.15) is 0 Å². The molecule has 8 nitrogen and oxygen atoms in total. The number of nitrogens with zero attached hydrogens (tertiary/aromatic N) is 3. The minimum atomic E-state index is -3.90. The Hall–Kier alpha value is -2.98. The molecule has 10 heteroatoms. The summed E-state index contributed by atoms with van der Waals surface area (Å²) in [6, 6.07) is 11.9. The van der Waals surface area contributed by atoms with Gasteiger partial charge >= 0.3 is 0 Å². The summed E-state index contributed by atoms with van der Waals surface area (Å²) in [4.78, 5) is 12.7. The van der Waals surface area contributed by atoms with Crippen molar-refractivity contribution in [3.8, 4) is 5.75 Å². The molecule has 0 aliphatic carbocycles. The van der Waals surface area contributed by atoms with E-state index in [1.54, 1.807) is 50.4 Å². The highest BCUT2D eigenvalue weighted by molar-refractivity contribution is 7.92. The quantitative estimate of drug-likeness (QED) is 0.504. The zero-order valence-corrected chi connectivity index (χ0v) is 20.1. The number of benzene rings is 2. The number of aromatic nitrogens is 2. The van der Waals surface area contributed by atoms with Crippen LogP contribution in [0.25, 0.3) is 0 Å². The number of amides is 1. The predicted molar refractivity (Wildman–Crippen MR) is 126 cm³/mol. The molecule has 170 valence electrons. The number of hydrogen-bond acceptors (Lipinski definition) is 7. The van der Waals surface area contributed by atoms with Gasteiger partial charge < -0.3 is 10.1 Å². The Morgan fingerprint density at radius 1 is 1.12 bits per heavy atom. The van der Waals surface area contributed by atoms with Crippen LogP contribution in [0.15, 0.2) is 47.4 Å². The normalized spacial score (nSPS) is 11.2. The standard InChI is InChI=1S/C22H26N4O4S2/c1-5-21-24-25-22(31-21)23-20(27)12-13-26(17-7-9-18(30-4)10-8-17)32(28,29)19-11-6-15(2)14-16(19)3/h6-11,14H,5,12-13H2,1-4H3,(H,23,25,27). The number of sulfonamides is 1. The Balaban J connectivity index is 1.87. The first-order valence-corrected chi connectivity index (χ1v) is 12.4. The van der Waals surface area contributed by atoms with Crippen molar-refractivity contribution in [1.82, 2.24) is 10.2 Å². The summed E-state index contributed by atoms with van der Waals surface area (Å²) in [5.74, 6) is 0.275. The van der Waals surface area contributed by atoms with E-state index in [-0.39, 0.29) is 23.8 Å². The molecule has 0 saturated carbocycles. The molecular formula is C22H26N4O4S2. The van der Waals surface area contributed by atoms with E-state index >= 15 is 0 Å². The third kappa shape index (κ3) is 5.43. The van der Waals surface area contributed by atoms with Crippen molar-refractivity contribution in [2.24, 2.45) is 0 Å². The second-order valence-corrected chi connectivity index (χ2v) is 10.1. The molecule has 3 aromatic rings. The van der Waals surface area contributed by atoms with Gasteiger partial charge in [-0.3, -0.25) is 9.10 Å². The highest BCUT2D eigenvalue weighted by Crippen LogP contribution is 2.28. The number of carbonyl (C=O) groups excluding carboxylic acids is 1. The fourth-order valence-electron chi connectivity index (χ4n) is 3.18. The minimum Gasteiger partial charge on any atom is -0.497 e. The van der Waals surface area contributed by atoms with Crippen molar-refractivity contribution in [3.63, 3.8) is 0 Å². The number of anilines is 2. The number of hydrogen-bond donors (Lipinski definition) is 1. The molecule has 0 aliphatic heterocycles. The van der Waals surface area contributed by atoms with E-state index in [2.05, 4.69) is 15.5 Å². The number of carbonyl (C=O) groups is 1. The Morgan fingerprint density at radius 3 is 2.44 bits per heavy atom. The molecule has 3 rings (SSSR count). The van der Waals surface area contributed by atoms with Gasteiger partial charge in [0.05, 0.1) is 17.7 Å². The van der Waals surface area contributed by atoms with Crippen LogP contribution in [-0.4, -0.2) is 38.2 Å². The van der Waals surface area contributed by atoms with Crippen LogP contribution in [0.4, 0.5) is 10.8 Å². The van der Waals surface area contributed by atoms with Gasteiger partial charge in [-0.25, -0.2) is 8.42 Å². The summed E-state index contributed by atoms with van der Waals surface area (Å²) in [7, 11) is -2.36. The van der Waals surface area contributed by atoms with Crippen LogP contribution in [0.1, 0.15) is 29.5 Å². The Bertz CT molecular complexity index is 1190. The molecule has 0 fully saturated rings. The van der Waals surface area contributed by atoms with E-state index in [0.29, 0.717) is 22.1 Å². The largest absolute Gasteiger partial charge is 0.497 e. The maximum Gasteiger partial charge on any atom is 0.264 e. The fourth-order valence-corrected chi connectivity index (χ4v) is 5.55. The van der Waals surface area contributed by atoms with Crippen molar-refractivity contribution in [3.05, 3.63) is 58.6 Å². The summed E-state index contributed by atoms with van der Waals surface area (Å²) < 4.78 is 33.6. The van der Waals surface area contributed by atoms with Gasteiger partial charge in [0, 0.05) is 13.0 Å². The maximum atomic E-state index is 13.6. The average Bonchev–Trinajstić information content (AvgIpc) is 3.21. The molecule has 0 atom stereocenters. The van der Waals surface area contributed by atoms with Gasteiger partial charge in [-0.15, -0.1) is 10.2 Å². The highest BCUT2D eigenvalue weighted by Gasteiger charge is 2.27. The molecule has 0 aliphatic rings. The monoisotopic (exact) mass is 474 g/mol. The molecule has 1 N–H and O–H groups in total. The molecule has 0 unspecified atom stereocenters. The maximum absolute atomic E-state index is 13.6. The molecule has 1 aromatic heterocycles. The van der Waals surface area contributed by atoms with Crippen LogP contribution in [0.5, 0.6) is 5.75 Å². The third-order valence-corrected chi connectivity index (χ3v) is 7.79. The van der Waals surface area contributed by atoms with Crippen LogP contribution >= 0.6 is 11.3 Å². The van der Waals surface area contributed by atoms with Crippen molar-refractivity contribution < 1.29 is 17.9 Å². The van der Waals surface area contributed by atoms with Crippen molar-refractivity contribution in [1.29, 1.82) is 0 Å². The lowest BCUT2D eigenvalue weighted by atomic mass is 10.2. The third-order valence-electron chi connectivity index (χ3n) is 4.82. The Kier molecular flexibility index (Phi) is 7.47. The number of ether oxygens (including phenoxy) is 1. The van der Waals surface area contributed by atoms with Crippen LogP contribution in [0, 0.1) is 13.8 Å². The highest BCUT2D eigenvalue weighted by atomic mass is 32.2. The van der Waals surface area contributed by atoms with Crippen LogP contribution < -0.4 is 14.4 Å². The zero-order chi connectivity index (χ0) is 23.3. The Morgan fingerprint density at radius 2 is 1.84 bits per heavy atom. The van der Waals surface area contributed by atoms with Crippen molar-refractivity contribution >= 4 is 38.1 Å². The van der Waals surface area contributed by atoms with E-state index in [0.717, 1.165) is 17.0 Å². The lowest BCUT2D eigenvalue weighted by molar-refractivity contribution is -0.116. The molecular weight excluding hydrogens is 448 g/mol. The lowest BCUT2D eigenvalue weighted by Crippen LogP contribution is -2.34. The van der Waals surface area contributed by atoms with Gasteiger partial charge in [0.15, 0.2) is 0 Å². The average molecular weight is 475 g/mol. The fraction of sp³-hybridized carbons (Fsp3) is 0.318. The van der Waals surface area contributed by atoms with Gasteiger partial charge in [0.2, 0.25) is 11.0 Å². The smallest absolute Gasteiger partial charge is 0.264 e. The molecule has 2 aromatic carbocycles. The van der Waals surface area contributed by atoms with Crippen molar-refractivity contribution in [2.45, 2.75) is 38.5 Å². The summed E-state index contributed by atoms with van der Waals surface area (Å²) in [5.41, 5.74) is 2.07. The molecule has 0 spiro atoms. The van der Waals surface area contributed by atoms with Gasteiger partial charge in [-0.05, 0) is 56.2 Å². The first-order chi connectivity index (χ1) is 15.2. The molecule has 0 saturated heterocycles. The molecule has 1 amide bonds. The summed E-state index contributed by atoms with van der Waals surface area (Å²) >= 11 is 1.30. The number of aryl methyl sites for hydroxylation is 3. The van der Waals surface area contributed by atoms with Crippen LogP contribution in [0.3, 0.4) is 0 Å². The summed E-state index contributed by atoms with van der Waals surface area (Å²) in [5, 5.41) is 11.8. The summed E-state index contributed by atoms with van der Waals surface area (Å²) in [6.45, 7) is 5.59. The molecule has 0 radical (unpaired) electrons. The second-order valence-electron chi connectivity index (χ2n) is 7.20. The van der Waals surface area contributed by atoms with Gasteiger partial charge in [0.25, 0.3) is 10.0 Å². The number of rotatable bonds is 9. The van der Waals surface area contributed by atoms with E-state index in [1.165, 1.54) is 15.6 Å². The first kappa shape index (κ1) is 23.7. The topological polar surface area (TPSA) is 101 Å². The van der Waals surface area contributed by atoms with Crippen LogP contribution in [-0.2, 0) is 21.2 Å². The Labute approximate surface area is 192 Å². The lowest BCUT2D eigenvalue weighted by Gasteiger charge is -2.25. The zero-order valence-electron chi connectivity index (χ0n) is 18.5. The number of nitrogens with one attached hydrogen (secondary N) is 1. The second kappa shape index (κ2) is 10.1. The van der Waals surface area contributed by atoms with E-state index in [4.69, 9.17) is 4.74 Å². The van der Waals surface area contributed by atoms with Gasteiger partial charge in [-0.1, -0.05) is 36.0 Å². The van der Waals surface area contributed by atoms with Crippen LogP contribution in [0.2, 0.25) is 0 Å². The first-order valence-electron chi connectivity index (χ1n) is 10.1. The SMILES string of the molecule is CCc1nnc(NC(=O)CCN(c2ccc(OC)cc2)S(=O)(=O)c2ccc(C)cc2C)s1. The van der Waals surface area contributed by atoms with E-state index in [9.17, 15) is 13.2 Å². The number of methoxy groups -OCH3 is 1. The van der Waals surface area contributed by atoms with E-state index in [1.807, 2.05) is 19.9 Å². The van der Waals surface area contributed by atoms with Crippen molar-refractivity contribution in [2.75, 3.05) is 23.3 Å². The molecule has 32 heavy (non-hydrogen) atoms. The molecule has 0 bridgehead atoms. The summed E-state index contributed by atoms with van der Waals surface area (Å²) in [6.07, 6.45) is 0.685. The van der Waals surface area contributed by atoms with E-state index < -0.39 is 10.0 Å².